The molecule has 2 aromatic carbocycles. The zero-order valence-corrected chi connectivity index (χ0v) is 63.0. The van der Waals surface area contributed by atoms with Gasteiger partial charge in [0.05, 0.1) is 113 Å². The van der Waals surface area contributed by atoms with Crippen molar-refractivity contribution >= 4 is 127 Å². The summed E-state index contributed by atoms with van der Waals surface area (Å²) in [6.45, 7) is 16.6. The summed E-state index contributed by atoms with van der Waals surface area (Å²) in [4.78, 5) is 11.0. The van der Waals surface area contributed by atoms with E-state index in [9.17, 15) is 106 Å². The Bertz CT molecular complexity index is 3150. The number of hydrogen-bond acceptors (Lipinski definition) is 14. The second-order valence-corrected chi connectivity index (χ2v) is 42.9. The number of rotatable bonds is 21. The molecule has 0 radical (unpaired) electrons. The van der Waals surface area contributed by atoms with E-state index in [1.165, 1.54) is 72.1 Å². The Kier molecular flexibility index (Phi) is 25.9. The van der Waals surface area contributed by atoms with Gasteiger partial charge in [0.15, 0.2) is 0 Å². The summed E-state index contributed by atoms with van der Waals surface area (Å²) in [7, 11) is -45.2. The third-order valence-electron chi connectivity index (χ3n) is 16.3. The molecule has 48 heteroatoms. The first-order valence-corrected chi connectivity index (χ1v) is 46.6. The molecule has 0 fully saturated rings. The Morgan fingerprint density at radius 1 is 0.382 bits per heavy atom. The molecule has 8 heterocycles. The Hall–Kier alpha value is -3.39. The number of guanidine groups is 4. The Morgan fingerprint density at radius 2 is 0.578 bits per heavy atom. The van der Waals surface area contributed by atoms with Crippen LogP contribution in [0.3, 0.4) is 0 Å². The summed E-state index contributed by atoms with van der Waals surface area (Å²) >= 11 is 7.80. The monoisotopic (exact) mass is 1690 g/mol. The molecule has 15 nitrogen and oxygen atoms in total. The van der Waals surface area contributed by atoms with E-state index in [4.69, 9.17) is 9.53 Å². The van der Waals surface area contributed by atoms with Gasteiger partial charge in [0.1, 0.15) is 0 Å². The topological polar surface area (TPSA) is 155 Å². The molecule has 10 rings (SSSR count). The van der Waals surface area contributed by atoms with Crippen LogP contribution in [0, 0.1) is 0 Å². The van der Waals surface area contributed by atoms with E-state index in [1.807, 2.05) is 0 Å². The predicted octanol–water partition coefficient (Wildman–Crippen LogP) is 15.5. The van der Waals surface area contributed by atoms with E-state index in [2.05, 4.69) is 178 Å². The predicted molar refractivity (Wildman–Crippen MR) is 367 cm³/mol. The van der Waals surface area contributed by atoms with Gasteiger partial charge in [-0.2, -0.15) is 35.3 Å². The van der Waals surface area contributed by atoms with Crippen LogP contribution in [0.2, 0.25) is 5.04 Å². The van der Waals surface area contributed by atoms with Crippen molar-refractivity contribution in [3.63, 3.8) is 0 Å². The van der Waals surface area contributed by atoms with Gasteiger partial charge in [-0.3, -0.25) is 65.6 Å². The standard InChI is InChI=1S/C54H82N12O3S4Si.4F6P/c1-54(2,3)74(47-10-6-4-7-11-47,48-12-8-5-9-13-48)69-30-39-14-22-63-23-15-40(56-50(63)55-39)31-70-32-41-16-24-64-25-17-42(58-51(64)57-41)33-71-34-43-18-26-65-27-19-44(60-52(65)59-43)35-72-36-45-20-28-66-29-21-46(62-53(66)61-45)37-73-38-49(67)68;4*1-7(2,3,4,5)6/h4-13,39-46H,14-38H2,1-3H3,(H5,55,56,57,58,59,60,61,62,67,68);;;;/q;4*-1/p+4/t39-,40-,41-,42-,43-,44-,45-,46-;;;;/m1..../s1. The number of carboxylic acid groups (broad SMARTS) is 1. The zero-order valence-electron chi connectivity index (χ0n) is 55.1. The summed E-state index contributed by atoms with van der Waals surface area (Å²) < 4.78 is 254. The number of nitrogens with one attached hydrogen (secondary N) is 8. The van der Waals surface area contributed by atoms with Gasteiger partial charge in [-0.25, -0.2) is 0 Å². The Morgan fingerprint density at radius 3 is 0.784 bits per heavy atom. The molecule has 8 aliphatic heterocycles. The van der Waals surface area contributed by atoms with E-state index in [-0.39, 0.29) is 16.8 Å². The fraction of sp³-hybridized carbons (Fsp3) is 0.685. The van der Waals surface area contributed by atoms with Crippen LogP contribution in [0.15, 0.2) is 60.7 Å². The van der Waals surface area contributed by atoms with Crippen LogP contribution in [0.5, 0.6) is 0 Å². The number of carbonyl (C=O) groups is 1. The molecule has 9 N–H and O–H groups in total. The number of benzene rings is 2. The van der Waals surface area contributed by atoms with Crippen molar-refractivity contribution in [2.24, 2.45) is 0 Å². The minimum absolute atomic E-state index is 0.0342. The maximum absolute atomic E-state index is 11.0. The first-order valence-electron chi connectivity index (χ1n) is 32.0. The fourth-order valence-corrected chi connectivity index (χ4v) is 21.2. The number of thioether (sulfide) groups is 4. The Balaban J connectivity index is 0.000000492. The molecule has 0 aromatic heterocycles. The molecule has 0 amide bonds. The molecule has 0 aliphatic carbocycles. The van der Waals surface area contributed by atoms with E-state index in [0.717, 1.165) is 118 Å². The third kappa shape index (κ3) is 38.4. The molecule has 2 aromatic rings. The van der Waals surface area contributed by atoms with Crippen molar-refractivity contribution in [3.05, 3.63) is 60.7 Å². The fourth-order valence-electron chi connectivity index (χ4n) is 12.2. The number of aliphatic carboxylic acids is 1. The number of halogens is 24. The third-order valence-corrected chi connectivity index (χ3v) is 26.3. The van der Waals surface area contributed by atoms with Crippen LogP contribution in [0.4, 0.5) is 101 Å². The SMILES string of the molecule is CC(C)(C)[Si](OC[C@H]1CC[N+]2=C(N1)N[C@@H](CSC[C@H]1CC[N+]3=C(N1)N[C@@H](CSC[C@H]1CC[N+]4=C(N[C@@H](CSC[C@H]5CC[N+]6=C(N[C@@H](CSCC(=O)O)CC6)N5)CC4)N1)CC3)CC2)(c1ccccc1)c1ccccc1.F[P-](F)(F)(F)(F)F.F[P-](F)(F)(F)(F)F.F[P-](F)(F)(F)(F)F.F[P-](F)(F)(F)(F)F. The zero-order chi connectivity index (χ0) is 76.5. The van der Waals surface area contributed by atoms with Gasteiger partial charge in [0.25, 0.3) is 8.32 Å². The van der Waals surface area contributed by atoms with Crippen LogP contribution in [-0.2, 0) is 9.22 Å². The van der Waals surface area contributed by atoms with Crippen LogP contribution in [0.25, 0.3) is 0 Å². The van der Waals surface area contributed by atoms with Crippen molar-refractivity contribution < 1.29 is 133 Å². The van der Waals surface area contributed by atoms with Crippen molar-refractivity contribution in [1.82, 2.24) is 42.5 Å². The molecule has 8 aliphatic rings. The first kappa shape index (κ1) is 87.5. The van der Waals surface area contributed by atoms with Gasteiger partial charge in [-0.15, -0.1) is 11.8 Å². The molecular formula is C54H86F24N12O3P4S4Si. The van der Waals surface area contributed by atoms with Crippen LogP contribution in [0.1, 0.15) is 72.1 Å². The van der Waals surface area contributed by atoms with Gasteiger partial charge in [-0.1, -0.05) is 81.4 Å². The summed E-state index contributed by atoms with van der Waals surface area (Å²) in [5, 5.41) is 42.7. The van der Waals surface area contributed by atoms with E-state index in [1.54, 1.807) is 0 Å². The molecule has 8 atom stereocenters. The normalized spacial score (nSPS) is 26.7. The van der Waals surface area contributed by atoms with Gasteiger partial charge in [0, 0.05) is 91.6 Å². The van der Waals surface area contributed by atoms with Crippen molar-refractivity contribution in [2.75, 3.05) is 105 Å². The molecule has 0 unspecified atom stereocenters. The second-order valence-electron chi connectivity index (χ2n) is 26.7. The summed E-state index contributed by atoms with van der Waals surface area (Å²) in [5.41, 5.74) is 0. The second kappa shape index (κ2) is 30.2. The van der Waals surface area contributed by atoms with Gasteiger partial charge in [0.2, 0.25) is 0 Å². The van der Waals surface area contributed by atoms with Gasteiger partial charge < -0.3 is 9.53 Å². The number of hydrogen-bond donors (Lipinski definition) is 9. The molecule has 0 saturated carbocycles. The summed E-state index contributed by atoms with van der Waals surface area (Å²) in [5.74, 6) is 11.9. The summed E-state index contributed by atoms with van der Waals surface area (Å²) in [6.07, 6.45) is 9.25. The Labute approximate surface area is 591 Å². The van der Waals surface area contributed by atoms with Crippen molar-refractivity contribution in [2.45, 2.75) is 126 Å². The van der Waals surface area contributed by atoms with Crippen LogP contribution < -0.4 is 52.9 Å². The molecule has 596 valence electrons. The quantitative estimate of drug-likeness (QED) is 0.0252. The molecule has 0 spiro atoms. The molecule has 0 saturated heterocycles. The average Bonchev–Trinajstić information content (AvgIpc) is 0.717. The molecular weight excluding hydrogens is 1600 g/mol. The van der Waals surface area contributed by atoms with E-state index in [0.29, 0.717) is 48.9 Å². The van der Waals surface area contributed by atoms with Gasteiger partial charge >= 0.3 is 162 Å². The number of carboxylic acids is 1. The first-order chi connectivity index (χ1) is 45.8. The number of nitrogens with zero attached hydrogens (tertiary/aromatic N) is 4. The molecule has 102 heavy (non-hydrogen) atoms. The summed E-state index contributed by atoms with van der Waals surface area (Å²) in [6, 6.07) is 25.6. The average molecular weight is 1690 g/mol. The maximum atomic E-state index is 11.0. The van der Waals surface area contributed by atoms with E-state index < -0.39 is 45.5 Å². The van der Waals surface area contributed by atoms with Gasteiger partial charge in [-0.05, 0) is 15.4 Å². The molecule has 0 bridgehead atoms. The van der Waals surface area contributed by atoms with Crippen molar-refractivity contribution in [3.8, 4) is 0 Å². The van der Waals surface area contributed by atoms with Crippen LogP contribution in [-0.4, -0.2) is 215 Å². The van der Waals surface area contributed by atoms with E-state index >= 15 is 0 Å². The van der Waals surface area contributed by atoms with Crippen molar-refractivity contribution in [1.29, 1.82) is 0 Å². The van der Waals surface area contributed by atoms with Crippen LogP contribution >= 0.6 is 78.3 Å². The minimum atomic E-state index is -10.7.